The van der Waals surface area contributed by atoms with Gasteiger partial charge in [0.25, 0.3) is 0 Å². The second-order valence-electron chi connectivity index (χ2n) is 6.96. The molecule has 1 saturated heterocycles. The molecule has 2 heterocycles. The van der Waals surface area contributed by atoms with Crippen LogP contribution in [0.1, 0.15) is 36.9 Å². The van der Waals surface area contributed by atoms with Gasteiger partial charge < -0.3 is 10.6 Å². The minimum Gasteiger partial charge on any atom is -0.349 e. The molecular formula is C19H26N4O. The summed E-state index contributed by atoms with van der Waals surface area (Å²) in [5, 5.41) is 10.9. The van der Waals surface area contributed by atoms with Gasteiger partial charge in [-0.2, -0.15) is 5.10 Å². The summed E-state index contributed by atoms with van der Waals surface area (Å²) in [4.78, 5) is 12.9. The highest BCUT2D eigenvalue weighted by atomic mass is 16.2. The highest BCUT2D eigenvalue weighted by molar-refractivity contribution is 5.81. The molecule has 1 aliphatic heterocycles. The second-order valence-corrected chi connectivity index (χ2v) is 6.96. The summed E-state index contributed by atoms with van der Waals surface area (Å²) in [6, 6.07) is 10.2. The van der Waals surface area contributed by atoms with Crippen molar-refractivity contribution in [3.63, 3.8) is 0 Å². The summed E-state index contributed by atoms with van der Waals surface area (Å²) < 4.78 is 1.80. The van der Waals surface area contributed by atoms with Crippen LogP contribution in [0.4, 0.5) is 0 Å². The van der Waals surface area contributed by atoms with E-state index >= 15 is 0 Å². The lowest BCUT2D eigenvalue weighted by atomic mass is 9.89. The van der Waals surface area contributed by atoms with E-state index in [0.717, 1.165) is 17.7 Å². The maximum atomic E-state index is 12.9. The summed E-state index contributed by atoms with van der Waals surface area (Å²) in [6.07, 6.45) is 3.88. The van der Waals surface area contributed by atoms with Crippen LogP contribution in [0.3, 0.4) is 0 Å². The molecule has 5 heteroatoms. The summed E-state index contributed by atoms with van der Waals surface area (Å²) in [6.45, 7) is 5.82. The molecule has 0 saturated carbocycles. The number of aromatic nitrogens is 2. The van der Waals surface area contributed by atoms with Crippen molar-refractivity contribution in [3.8, 4) is 0 Å². The number of hydrogen-bond acceptors (Lipinski definition) is 3. The van der Waals surface area contributed by atoms with Crippen molar-refractivity contribution in [2.75, 3.05) is 13.1 Å². The number of carbonyl (C=O) groups is 1. The molecule has 24 heavy (non-hydrogen) atoms. The molecule has 2 N–H and O–H groups in total. The van der Waals surface area contributed by atoms with E-state index in [1.54, 1.807) is 4.68 Å². The van der Waals surface area contributed by atoms with Crippen molar-refractivity contribution in [3.05, 3.63) is 53.9 Å². The number of carbonyl (C=O) groups excluding carboxylic acids is 1. The maximum absolute atomic E-state index is 12.9. The molecule has 0 radical (unpaired) electrons. The topological polar surface area (TPSA) is 59.0 Å². The Bertz CT molecular complexity index is 680. The van der Waals surface area contributed by atoms with E-state index in [9.17, 15) is 4.79 Å². The smallest absolute Gasteiger partial charge is 0.225 e. The third-order valence-electron chi connectivity index (χ3n) is 4.83. The molecule has 1 fully saturated rings. The van der Waals surface area contributed by atoms with E-state index in [1.165, 1.54) is 0 Å². The fraction of sp³-hybridized carbons (Fsp3) is 0.474. The zero-order valence-corrected chi connectivity index (χ0v) is 14.6. The highest BCUT2D eigenvalue weighted by Crippen LogP contribution is 2.29. The van der Waals surface area contributed by atoms with Gasteiger partial charge in [-0.05, 0) is 17.0 Å². The van der Waals surface area contributed by atoms with E-state index in [4.69, 9.17) is 0 Å². The molecule has 0 bridgehead atoms. The van der Waals surface area contributed by atoms with E-state index in [1.807, 2.05) is 37.6 Å². The van der Waals surface area contributed by atoms with Crippen molar-refractivity contribution in [1.29, 1.82) is 0 Å². The first-order valence-corrected chi connectivity index (χ1v) is 8.61. The molecule has 2 aromatic rings. The van der Waals surface area contributed by atoms with Gasteiger partial charge in [-0.15, -0.1) is 0 Å². The molecule has 3 rings (SSSR count). The van der Waals surface area contributed by atoms with Gasteiger partial charge >= 0.3 is 0 Å². The van der Waals surface area contributed by atoms with Crippen molar-refractivity contribution in [2.24, 2.45) is 18.9 Å². The monoisotopic (exact) mass is 326 g/mol. The molecule has 1 unspecified atom stereocenters. The quantitative estimate of drug-likeness (QED) is 0.886. The van der Waals surface area contributed by atoms with Gasteiger partial charge in [-0.1, -0.05) is 44.2 Å². The average Bonchev–Trinajstić information content (AvgIpc) is 3.21. The van der Waals surface area contributed by atoms with Crippen molar-refractivity contribution in [2.45, 2.75) is 25.8 Å². The summed E-state index contributed by atoms with van der Waals surface area (Å²) in [7, 11) is 1.91. The average molecular weight is 326 g/mol. The minimum atomic E-state index is -0.0563. The van der Waals surface area contributed by atoms with Crippen molar-refractivity contribution < 1.29 is 4.79 Å². The van der Waals surface area contributed by atoms with E-state index in [0.29, 0.717) is 12.5 Å². The Morgan fingerprint density at radius 3 is 2.67 bits per heavy atom. The van der Waals surface area contributed by atoms with Gasteiger partial charge in [0.15, 0.2) is 0 Å². The van der Waals surface area contributed by atoms with Crippen LogP contribution in [0.2, 0.25) is 0 Å². The van der Waals surface area contributed by atoms with E-state index < -0.39 is 0 Å². The van der Waals surface area contributed by atoms with Crippen LogP contribution >= 0.6 is 0 Å². The lowest BCUT2D eigenvalue weighted by Crippen LogP contribution is -2.38. The SMILES string of the molecule is CC(C)C(NC(=O)[C@H]1CNC[C@@H]1c1cnn(C)c1)c1ccccc1. The Labute approximate surface area is 143 Å². The summed E-state index contributed by atoms with van der Waals surface area (Å²) >= 11 is 0. The maximum Gasteiger partial charge on any atom is 0.225 e. The van der Waals surface area contributed by atoms with Gasteiger partial charge in [0.1, 0.15) is 0 Å². The van der Waals surface area contributed by atoms with Crippen LogP contribution in [0.5, 0.6) is 0 Å². The molecule has 1 aliphatic rings. The lowest BCUT2D eigenvalue weighted by molar-refractivity contribution is -0.125. The van der Waals surface area contributed by atoms with Crippen molar-refractivity contribution >= 4 is 5.91 Å². The molecule has 0 spiro atoms. The Balaban J connectivity index is 1.75. The Hall–Kier alpha value is -2.14. The molecule has 128 valence electrons. The highest BCUT2D eigenvalue weighted by Gasteiger charge is 2.35. The first-order chi connectivity index (χ1) is 11.6. The fourth-order valence-electron chi connectivity index (χ4n) is 3.49. The fourth-order valence-corrected chi connectivity index (χ4v) is 3.49. The predicted octanol–water partition coefficient (Wildman–Crippen LogP) is 2.24. The van der Waals surface area contributed by atoms with E-state index in [2.05, 4.69) is 41.7 Å². The number of nitrogens with one attached hydrogen (secondary N) is 2. The number of rotatable bonds is 5. The zero-order chi connectivity index (χ0) is 17.1. The van der Waals surface area contributed by atoms with Crippen LogP contribution in [-0.2, 0) is 11.8 Å². The zero-order valence-electron chi connectivity index (χ0n) is 14.6. The van der Waals surface area contributed by atoms with E-state index in [-0.39, 0.29) is 23.8 Å². The minimum absolute atomic E-state index is 0.0360. The molecule has 3 atom stereocenters. The Morgan fingerprint density at radius 2 is 2.04 bits per heavy atom. The number of nitrogens with zero attached hydrogens (tertiary/aromatic N) is 2. The lowest BCUT2D eigenvalue weighted by Gasteiger charge is -2.26. The standard InChI is InChI=1S/C19H26N4O/c1-13(2)18(14-7-5-4-6-8-14)22-19(24)17-11-20-10-16(17)15-9-21-23(3)12-15/h4-9,12-13,16-18,20H,10-11H2,1-3H3,(H,22,24)/t16-,17+,18?/m1/s1. The first kappa shape index (κ1) is 16.7. The predicted molar refractivity (Wildman–Crippen MR) is 94.5 cm³/mol. The van der Waals surface area contributed by atoms with Crippen LogP contribution in [0.25, 0.3) is 0 Å². The molecule has 5 nitrogen and oxygen atoms in total. The Morgan fingerprint density at radius 1 is 1.29 bits per heavy atom. The van der Waals surface area contributed by atoms with Crippen LogP contribution in [0, 0.1) is 11.8 Å². The van der Waals surface area contributed by atoms with Gasteiger partial charge in [0.05, 0.1) is 18.2 Å². The normalized spacial score (nSPS) is 21.8. The van der Waals surface area contributed by atoms with Gasteiger partial charge in [0.2, 0.25) is 5.91 Å². The molecule has 1 aromatic heterocycles. The number of benzene rings is 1. The van der Waals surface area contributed by atoms with Crippen LogP contribution in [0.15, 0.2) is 42.7 Å². The van der Waals surface area contributed by atoms with Gasteiger partial charge in [0, 0.05) is 32.3 Å². The first-order valence-electron chi connectivity index (χ1n) is 8.61. The molecule has 1 amide bonds. The van der Waals surface area contributed by atoms with Gasteiger partial charge in [-0.3, -0.25) is 9.48 Å². The third kappa shape index (κ3) is 3.51. The summed E-state index contributed by atoms with van der Waals surface area (Å²) in [5.74, 6) is 0.584. The second kappa shape index (κ2) is 7.18. The molecular weight excluding hydrogens is 300 g/mol. The molecule has 0 aliphatic carbocycles. The number of aryl methyl sites for hydroxylation is 1. The molecule has 1 aromatic carbocycles. The third-order valence-corrected chi connectivity index (χ3v) is 4.83. The number of amides is 1. The van der Waals surface area contributed by atoms with Crippen LogP contribution < -0.4 is 10.6 Å². The number of hydrogen-bond donors (Lipinski definition) is 2. The summed E-state index contributed by atoms with van der Waals surface area (Å²) in [5.41, 5.74) is 2.29. The van der Waals surface area contributed by atoms with Crippen molar-refractivity contribution in [1.82, 2.24) is 20.4 Å². The van der Waals surface area contributed by atoms with Crippen LogP contribution in [-0.4, -0.2) is 28.8 Å². The van der Waals surface area contributed by atoms with Gasteiger partial charge in [-0.25, -0.2) is 0 Å². The largest absolute Gasteiger partial charge is 0.349 e. The Kier molecular flexibility index (Phi) is 5.00.